The monoisotopic (exact) mass is 387 g/mol. The van der Waals surface area contributed by atoms with E-state index in [4.69, 9.17) is 9.72 Å². The predicted octanol–water partition coefficient (Wildman–Crippen LogP) is 5.05. The Hall–Kier alpha value is -1.95. The van der Waals surface area contributed by atoms with E-state index < -0.39 is 0 Å². The van der Waals surface area contributed by atoms with Crippen molar-refractivity contribution in [3.05, 3.63) is 35.2 Å². The van der Waals surface area contributed by atoms with Crippen molar-refractivity contribution in [1.29, 1.82) is 0 Å². The number of imidazole rings is 1. The number of hydrogen-bond acceptors (Lipinski definition) is 4. The molecule has 1 aliphatic carbocycles. The van der Waals surface area contributed by atoms with Crippen molar-refractivity contribution < 1.29 is 9.53 Å². The Morgan fingerprint density at radius 2 is 2.00 bits per heavy atom. The van der Waals surface area contributed by atoms with Crippen molar-refractivity contribution >= 4 is 23.4 Å². The van der Waals surface area contributed by atoms with Crippen molar-refractivity contribution in [2.24, 2.45) is 0 Å². The summed E-state index contributed by atoms with van der Waals surface area (Å²) in [5.74, 6) is 0.630. The lowest BCUT2D eigenvalue weighted by Crippen LogP contribution is -2.23. The summed E-state index contributed by atoms with van der Waals surface area (Å²) in [6.07, 6.45) is 4.94. The number of carbonyl (C=O) groups excluding carboxylic acids is 1. The molecule has 1 unspecified atom stereocenters. The molecule has 5 nitrogen and oxygen atoms in total. The van der Waals surface area contributed by atoms with Crippen LogP contribution in [-0.2, 0) is 4.79 Å². The second-order valence-electron chi connectivity index (χ2n) is 7.33. The molecule has 0 bridgehead atoms. The summed E-state index contributed by atoms with van der Waals surface area (Å²) in [7, 11) is 1.61. The van der Waals surface area contributed by atoms with E-state index >= 15 is 0 Å². The molecule has 27 heavy (non-hydrogen) atoms. The molecule has 1 N–H and O–H groups in total. The molecule has 1 aromatic carbocycles. The van der Waals surface area contributed by atoms with E-state index in [0.717, 1.165) is 16.4 Å². The maximum absolute atomic E-state index is 12.8. The van der Waals surface area contributed by atoms with E-state index in [1.165, 1.54) is 43.1 Å². The number of aromatic nitrogens is 2. The first kappa shape index (κ1) is 19.8. The molecule has 0 aliphatic heterocycles. The van der Waals surface area contributed by atoms with Gasteiger partial charge >= 0.3 is 0 Å². The second kappa shape index (κ2) is 8.38. The summed E-state index contributed by atoms with van der Waals surface area (Å²) < 4.78 is 7.72. The Balaban J connectivity index is 1.76. The third-order valence-electron chi connectivity index (χ3n) is 5.31. The SMILES string of the molecule is COc1ccc(C)cc1NC(=O)C(C)Sc1nc(C)c(C)n1C1CCCC1. The molecule has 0 radical (unpaired) electrons. The van der Waals surface area contributed by atoms with E-state index in [9.17, 15) is 4.79 Å². The highest BCUT2D eigenvalue weighted by molar-refractivity contribution is 8.00. The molecule has 1 saturated carbocycles. The molecular formula is C21H29N3O2S. The van der Waals surface area contributed by atoms with Gasteiger partial charge in [-0.05, 0) is 58.2 Å². The highest BCUT2D eigenvalue weighted by Gasteiger charge is 2.26. The number of ether oxygens (including phenoxy) is 1. The van der Waals surface area contributed by atoms with Crippen LogP contribution in [0.4, 0.5) is 5.69 Å². The van der Waals surface area contributed by atoms with E-state index in [2.05, 4.69) is 16.8 Å². The molecule has 1 heterocycles. The Morgan fingerprint density at radius 3 is 2.67 bits per heavy atom. The number of methoxy groups -OCH3 is 1. The minimum absolute atomic E-state index is 0.0415. The summed E-state index contributed by atoms with van der Waals surface area (Å²) in [4.78, 5) is 17.5. The Kier molecular flexibility index (Phi) is 6.15. The molecule has 146 valence electrons. The number of rotatable bonds is 6. The summed E-state index contributed by atoms with van der Waals surface area (Å²) >= 11 is 1.54. The van der Waals surface area contributed by atoms with Gasteiger partial charge in [0.1, 0.15) is 5.75 Å². The van der Waals surface area contributed by atoms with Gasteiger partial charge in [-0.2, -0.15) is 0 Å². The van der Waals surface area contributed by atoms with Gasteiger partial charge in [-0.15, -0.1) is 0 Å². The van der Waals surface area contributed by atoms with Gasteiger partial charge in [-0.3, -0.25) is 4.79 Å². The van der Waals surface area contributed by atoms with Gasteiger partial charge in [0.2, 0.25) is 5.91 Å². The molecule has 2 aromatic rings. The van der Waals surface area contributed by atoms with Gasteiger partial charge in [0.25, 0.3) is 0 Å². The normalized spacial score (nSPS) is 15.7. The third-order valence-corrected chi connectivity index (χ3v) is 6.37. The van der Waals surface area contributed by atoms with Crippen molar-refractivity contribution in [2.75, 3.05) is 12.4 Å². The fourth-order valence-corrected chi connectivity index (χ4v) is 4.71. The Bertz CT molecular complexity index is 825. The van der Waals surface area contributed by atoms with Gasteiger partial charge in [0, 0.05) is 11.7 Å². The van der Waals surface area contributed by atoms with Crippen LogP contribution in [0.1, 0.15) is 55.6 Å². The predicted molar refractivity (Wildman–Crippen MR) is 111 cm³/mol. The number of amides is 1. The fourth-order valence-electron chi connectivity index (χ4n) is 3.64. The first-order valence-corrected chi connectivity index (χ1v) is 10.5. The molecule has 1 aromatic heterocycles. The van der Waals surface area contributed by atoms with Crippen LogP contribution in [0.3, 0.4) is 0 Å². The van der Waals surface area contributed by atoms with E-state index in [0.29, 0.717) is 17.5 Å². The van der Waals surface area contributed by atoms with E-state index in [1.54, 1.807) is 7.11 Å². The largest absolute Gasteiger partial charge is 0.495 e. The molecule has 1 fully saturated rings. The zero-order chi connectivity index (χ0) is 19.6. The fraction of sp³-hybridized carbons (Fsp3) is 0.524. The van der Waals surface area contributed by atoms with E-state index in [1.807, 2.05) is 39.0 Å². The molecule has 0 saturated heterocycles. The van der Waals surface area contributed by atoms with Crippen LogP contribution in [0.5, 0.6) is 5.75 Å². The van der Waals surface area contributed by atoms with Crippen molar-refractivity contribution in [1.82, 2.24) is 9.55 Å². The Labute approximate surface area is 165 Å². The first-order chi connectivity index (χ1) is 12.9. The second-order valence-corrected chi connectivity index (χ2v) is 8.63. The molecule has 1 aliphatic rings. The molecule has 3 rings (SSSR count). The number of aryl methyl sites for hydroxylation is 2. The van der Waals surface area contributed by atoms with Gasteiger partial charge < -0.3 is 14.6 Å². The van der Waals surface area contributed by atoms with Crippen molar-refractivity contribution in [3.63, 3.8) is 0 Å². The number of hydrogen-bond donors (Lipinski definition) is 1. The van der Waals surface area contributed by atoms with Crippen LogP contribution in [0.25, 0.3) is 0 Å². The van der Waals surface area contributed by atoms with Crippen LogP contribution >= 0.6 is 11.8 Å². The topological polar surface area (TPSA) is 56.1 Å². The molecule has 1 atom stereocenters. The Morgan fingerprint density at radius 1 is 1.30 bits per heavy atom. The van der Waals surface area contributed by atoms with Gasteiger partial charge in [-0.25, -0.2) is 4.98 Å². The average Bonchev–Trinajstić information content (AvgIpc) is 3.24. The summed E-state index contributed by atoms with van der Waals surface area (Å²) in [6.45, 7) is 8.11. The molecule has 0 spiro atoms. The highest BCUT2D eigenvalue weighted by Crippen LogP contribution is 2.36. The van der Waals surface area contributed by atoms with Gasteiger partial charge in [-0.1, -0.05) is 30.7 Å². The lowest BCUT2D eigenvalue weighted by Gasteiger charge is -2.19. The van der Waals surface area contributed by atoms with Crippen molar-refractivity contribution in [2.45, 2.75) is 69.8 Å². The number of nitrogens with zero attached hydrogens (tertiary/aromatic N) is 2. The van der Waals surface area contributed by atoms with Crippen LogP contribution in [0.2, 0.25) is 0 Å². The van der Waals surface area contributed by atoms with Gasteiger partial charge in [0.05, 0.1) is 23.7 Å². The maximum Gasteiger partial charge on any atom is 0.237 e. The van der Waals surface area contributed by atoms with Crippen LogP contribution in [0, 0.1) is 20.8 Å². The number of benzene rings is 1. The highest BCUT2D eigenvalue weighted by atomic mass is 32.2. The molecule has 1 amide bonds. The maximum atomic E-state index is 12.8. The zero-order valence-electron chi connectivity index (χ0n) is 16.8. The number of nitrogens with one attached hydrogen (secondary N) is 1. The lowest BCUT2D eigenvalue weighted by molar-refractivity contribution is -0.115. The van der Waals surface area contributed by atoms with Gasteiger partial charge in [0.15, 0.2) is 5.16 Å². The van der Waals surface area contributed by atoms with E-state index in [-0.39, 0.29) is 11.2 Å². The summed E-state index contributed by atoms with van der Waals surface area (Å²) in [6, 6.07) is 6.29. The molecular weight excluding hydrogens is 358 g/mol. The number of carbonyl (C=O) groups is 1. The number of thioether (sulfide) groups is 1. The smallest absolute Gasteiger partial charge is 0.237 e. The minimum atomic E-state index is -0.253. The minimum Gasteiger partial charge on any atom is -0.495 e. The van der Waals surface area contributed by atoms with Crippen LogP contribution < -0.4 is 10.1 Å². The summed E-state index contributed by atoms with van der Waals surface area (Å²) in [5.41, 5.74) is 4.06. The van der Waals surface area contributed by atoms with Crippen LogP contribution in [0.15, 0.2) is 23.4 Å². The standard InChI is InChI=1S/C21H29N3O2S/c1-13-10-11-19(26-5)18(12-13)23-20(25)16(4)27-21-22-14(2)15(3)24(21)17-8-6-7-9-17/h10-12,16-17H,6-9H2,1-5H3,(H,23,25). The van der Waals surface area contributed by atoms with Crippen LogP contribution in [-0.4, -0.2) is 27.8 Å². The average molecular weight is 388 g/mol. The molecule has 6 heteroatoms. The summed E-state index contributed by atoms with van der Waals surface area (Å²) in [5, 5.41) is 3.71. The quantitative estimate of drug-likeness (QED) is 0.705. The zero-order valence-corrected chi connectivity index (χ0v) is 17.7. The van der Waals surface area contributed by atoms with Crippen molar-refractivity contribution in [3.8, 4) is 5.75 Å². The third kappa shape index (κ3) is 4.32. The first-order valence-electron chi connectivity index (χ1n) is 9.58. The lowest BCUT2D eigenvalue weighted by atomic mass is 10.2. The number of anilines is 1.